The van der Waals surface area contributed by atoms with Crippen LogP contribution in [0.1, 0.15) is 16.3 Å². The number of furan rings is 1. The van der Waals surface area contributed by atoms with Gasteiger partial charge >= 0.3 is 0 Å². The van der Waals surface area contributed by atoms with Gasteiger partial charge in [0.25, 0.3) is 5.69 Å². The molecule has 0 aliphatic carbocycles. The molecule has 0 spiro atoms. The Bertz CT molecular complexity index is 1350. The molecule has 0 bridgehead atoms. The summed E-state index contributed by atoms with van der Waals surface area (Å²) in [6.45, 7) is 1.78. The zero-order valence-electron chi connectivity index (χ0n) is 16.2. The molecule has 0 aliphatic rings. The minimum atomic E-state index is -0.451. The largest absolute Gasteiger partial charge is 0.456 e. The van der Waals surface area contributed by atoms with Crippen LogP contribution in [0.3, 0.4) is 0 Å². The van der Waals surface area contributed by atoms with E-state index < -0.39 is 4.92 Å². The highest BCUT2D eigenvalue weighted by Gasteiger charge is 2.18. The minimum Gasteiger partial charge on any atom is -0.456 e. The average molecular weight is 431 g/mol. The molecular formula is C23H14FN3O3S. The molecule has 0 atom stereocenters. The maximum atomic E-state index is 13.1. The fourth-order valence-corrected chi connectivity index (χ4v) is 3.81. The molecule has 2 aromatic carbocycles. The molecular weight excluding hydrogens is 417 g/mol. The van der Waals surface area contributed by atoms with Crippen LogP contribution in [-0.4, -0.2) is 9.91 Å². The summed E-state index contributed by atoms with van der Waals surface area (Å²) >= 11 is 1.29. The lowest BCUT2D eigenvalue weighted by molar-refractivity contribution is -0.384. The fraction of sp³-hybridized carbons (Fsp3) is 0.0435. The Labute approximate surface area is 180 Å². The Kier molecular flexibility index (Phi) is 5.43. The summed E-state index contributed by atoms with van der Waals surface area (Å²) in [6, 6.07) is 16.2. The lowest BCUT2D eigenvalue weighted by atomic mass is 10.1. The number of allylic oxidation sites excluding steroid dienone is 1. The summed E-state index contributed by atoms with van der Waals surface area (Å²) in [5, 5.41) is 23.3. The van der Waals surface area contributed by atoms with Crippen molar-refractivity contribution in [3.05, 3.63) is 92.2 Å². The van der Waals surface area contributed by atoms with Gasteiger partial charge in [-0.25, -0.2) is 9.37 Å². The third-order valence-corrected chi connectivity index (χ3v) is 5.40. The van der Waals surface area contributed by atoms with Crippen molar-refractivity contribution in [2.24, 2.45) is 0 Å². The van der Waals surface area contributed by atoms with Crippen LogP contribution in [0.2, 0.25) is 0 Å². The quantitative estimate of drug-likeness (QED) is 0.204. The number of benzene rings is 2. The monoisotopic (exact) mass is 431 g/mol. The van der Waals surface area contributed by atoms with Crippen LogP contribution in [0.5, 0.6) is 0 Å². The number of halogens is 1. The van der Waals surface area contributed by atoms with Crippen molar-refractivity contribution in [3.8, 4) is 28.7 Å². The number of hydrogen-bond donors (Lipinski definition) is 0. The van der Waals surface area contributed by atoms with Gasteiger partial charge in [-0.3, -0.25) is 10.1 Å². The summed E-state index contributed by atoms with van der Waals surface area (Å²) in [7, 11) is 0. The van der Waals surface area contributed by atoms with Crippen molar-refractivity contribution in [1.82, 2.24) is 4.98 Å². The van der Waals surface area contributed by atoms with E-state index in [1.54, 1.807) is 48.7 Å². The third-order valence-electron chi connectivity index (χ3n) is 4.52. The summed E-state index contributed by atoms with van der Waals surface area (Å²) in [5.74, 6) is 0.376. The van der Waals surface area contributed by atoms with Crippen LogP contribution in [0.25, 0.3) is 34.2 Å². The second-order valence-electron chi connectivity index (χ2n) is 6.69. The molecule has 4 aromatic rings. The minimum absolute atomic E-state index is 0.0470. The maximum absolute atomic E-state index is 13.1. The van der Waals surface area contributed by atoms with E-state index in [2.05, 4.69) is 11.1 Å². The number of hydrogen-bond acceptors (Lipinski definition) is 6. The van der Waals surface area contributed by atoms with Gasteiger partial charge < -0.3 is 4.42 Å². The Morgan fingerprint density at radius 3 is 2.71 bits per heavy atom. The van der Waals surface area contributed by atoms with E-state index in [1.807, 2.05) is 0 Å². The zero-order chi connectivity index (χ0) is 22.0. The molecule has 2 aromatic heterocycles. The molecule has 0 saturated carbocycles. The van der Waals surface area contributed by atoms with Crippen molar-refractivity contribution in [2.75, 3.05) is 0 Å². The number of aryl methyl sites for hydroxylation is 1. The molecule has 0 saturated heterocycles. The van der Waals surface area contributed by atoms with Gasteiger partial charge in [0.05, 0.1) is 21.8 Å². The fourth-order valence-electron chi connectivity index (χ4n) is 3.01. The first-order chi connectivity index (χ1) is 14.9. The summed E-state index contributed by atoms with van der Waals surface area (Å²) in [6.07, 6.45) is 1.54. The normalized spacial score (nSPS) is 11.3. The van der Waals surface area contributed by atoms with E-state index in [9.17, 15) is 19.8 Å². The summed E-state index contributed by atoms with van der Waals surface area (Å²) < 4.78 is 18.9. The Hall–Kier alpha value is -4.09. The molecule has 31 heavy (non-hydrogen) atoms. The number of aromatic nitrogens is 1. The molecule has 0 aliphatic heterocycles. The van der Waals surface area contributed by atoms with E-state index in [0.717, 1.165) is 11.1 Å². The van der Waals surface area contributed by atoms with Gasteiger partial charge in [0.2, 0.25) is 0 Å². The Morgan fingerprint density at radius 2 is 2.00 bits per heavy atom. The first-order valence-electron chi connectivity index (χ1n) is 9.13. The molecule has 0 radical (unpaired) electrons. The molecule has 0 amide bonds. The molecule has 2 heterocycles. The van der Waals surface area contributed by atoms with Crippen molar-refractivity contribution in [1.29, 1.82) is 5.26 Å². The predicted molar refractivity (Wildman–Crippen MR) is 117 cm³/mol. The van der Waals surface area contributed by atoms with Crippen LogP contribution in [0.15, 0.2) is 64.4 Å². The maximum Gasteiger partial charge on any atom is 0.280 e. The molecule has 0 unspecified atom stereocenters. The lowest BCUT2D eigenvalue weighted by Gasteiger charge is -2.01. The highest BCUT2D eigenvalue weighted by atomic mass is 32.1. The zero-order valence-corrected chi connectivity index (χ0v) is 17.0. The average Bonchev–Trinajstić information content (AvgIpc) is 3.42. The highest BCUT2D eigenvalue weighted by molar-refractivity contribution is 7.11. The first-order valence-corrected chi connectivity index (χ1v) is 10.0. The van der Waals surface area contributed by atoms with Gasteiger partial charge in [-0.2, -0.15) is 5.26 Å². The van der Waals surface area contributed by atoms with Gasteiger partial charge in [-0.1, -0.05) is 6.07 Å². The molecule has 152 valence electrons. The van der Waals surface area contributed by atoms with Crippen LogP contribution in [0.4, 0.5) is 10.1 Å². The van der Waals surface area contributed by atoms with Crippen LogP contribution in [0, 0.1) is 34.2 Å². The molecule has 0 N–H and O–H groups in total. The van der Waals surface area contributed by atoms with Crippen molar-refractivity contribution in [3.63, 3.8) is 0 Å². The standard InChI is InChI=1S/C23H14FN3O3S/c1-14-2-8-19(21(10-14)27(28)29)22-9-7-18(30-22)11-16(12-25)23-26-20(13-31-23)15-3-5-17(24)6-4-15/h2-11,13H,1H3/b16-11+. The second kappa shape index (κ2) is 8.34. The van der Waals surface area contributed by atoms with Gasteiger partial charge in [-0.05, 0) is 55.0 Å². The SMILES string of the molecule is Cc1ccc(-c2ccc(/C=C(\C#N)c3nc(-c4ccc(F)cc4)cs3)o2)c([N+](=O)[O-])c1. The van der Waals surface area contributed by atoms with Crippen molar-refractivity contribution < 1.29 is 13.7 Å². The van der Waals surface area contributed by atoms with Crippen LogP contribution >= 0.6 is 11.3 Å². The van der Waals surface area contributed by atoms with Crippen LogP contribution < -0.4 is 0 Å². The van der Waals surface area contributed by atoms with E-state index in [-0.39, 0.29) is 17.1 Å². The second-order valence-corrected chi connectivity index (χ2v) is 7.55. The molecule has 4 rings (SSSR count). The number of nitro groups is 1. The van der Waals surface area contributed by atoms with E-state index >= 15 is 0 Å². The van der Waals surface area contributed by atoms with E-state index in [4.69, 9.17) is 4.42 Å². The summed E-state index contributed by atoms with van der Waals surface area (Å²) in [4.78, 5) is 15.4. The number of nitriles is 1. The molecule has 0 fully saturated rings. The molecule has 8 heteroatoms. The van der Waals surface area contributed by atoms with Gasteiger partial charge in [-0.15, -0.1) is 11.3 Å². The van der Waals surface area contributed by atoms with Gasteiger partial charge in [0.15, 0.2) is 0 Å². The number of nitro benzene ring substituents is 1. The Balaban J connectivity index is 1.65. The predicted octanol–water partition coefficient (Wildman–Crippen LogP) is 6.49. The number of thiazole rings is 1. The molecule has 6 nitrogen and oxygen atoms in total. The van der Waals surface area contributed by atoms with Crippen molar-refractivity contribution in [2.45, 2.75) is 6.92 Å². The number of nitrogens with zero attached hydrogens (tertiary/aromatic N) is 3. The summed E-state index contributed by atoms with van der Waals surface area (Å²) in [5.41, 5.74) is 2.76. The third kappa shape index (κ3) is 4.27. The highest BCUT2D eigenvalue weighted by Crippen LogP contribution is 2.33. The first kappa shape index (κ1) is 20.2. The van der Waals surface area contributed by atoms with Crippen molar-refractivity contribution >= 4 is 28.7 Å². The van der Waals surface area contributed by atoms with Gasteiger partial charge in [0.1, 0.15) is 28.4 Å². The smallest absolute Gasteiger partial charge is 0.280 e. The Morgan fingerprint density at radius 1 is 1.23 bits per heavy atom. The number of rotatable bonds is 5. The van der Waals surface area contributed by atoms with Gasteiger partial charge in [0, 0.05) is 23.1 Å². The van der Waals surface area contributed by atoms with Crippen LogP contribution in [-0.2, 0) is 0 Å². The lowest BCUT2D eigenvalue weighted by Crippen LogP contribution is -1.92. The van der Waals surface area contributed by atoms with E-state index in [0.29, 0.717) is 27.8 Å². The topological polar surface area (TPSA) is 93.0 Å². The van der Waals surface area contributed by atoms with E-state index in [1.165, 1.54) is 35.6 Å².